The van der Waals surface area contributed by atoms with Gasteiger partial charge in [-0.2, -0.15) is 4.39 Å². The third-order valence-electron chi connectivity index (χ3n) is 6.01. The van der Waals surface area contributed by atoms with Crippen LogP contribution in [0.1, 0.15) is 23.0 Å². The predicted octanol–water partition coefficient (Wildman–Crippen LogP) is 4.01. The largest absolute Gasteiger partial charge is 0.381 e. The second kappa shape index (κ2) is 9.11. The number of nitrogens with zero attached hydrogens (tertiary/aromatic N) is 5. The molecule has 176 valence electrons. The minimum atomic E-state index is -0.585. The molecule has 1 aliphatic heterocycles. The summed E-state index contributed by atoms with van der Waals surface area (Å²) in [6, 6.07) is 9.33. The molecular weight excluding hydrogens is 453 g/mol. The van der Waals surface area contributed by atoms with E-state index in [1.54, 1.807) is 0 Å². The molecule has 0 fully saturated rings. The number of carbonyl (C=O) groups is 1. The Morgan fingerprint density at radius 3 is 2.76 bits per heavy atom. The van der Waals surface area contributed by atoms with Gasteiger partial charge in [-0.05, 0) is 44.8 Å². The highest BCUT2D eigenvalue weighted by Crippen LogP contribution is 2.41. The Kier molecular flexibility index (Phi) is 6.01. The number of thiophene rings is 1. The summed E-state index contributed by atoms with van der Waals surface area (Å²) in [5, 5.41) is 8.58. The topological polar surface area (TPSA) is 86.3 Å². The lowest BCUT2D eigenvalue weighted by Gasteiger charge is -2.24. The van der Waals surface area contributed by atoms with E-state index in [-0.39, 0.29) is 11.9 Å². The molecule has 1 atom stereocenters. The standard InChI is InChI=1S/C24H26FN7OS/c1-4-14-12-26-22-21-15-5-8-19(30-16(15)6-7-17(21)34-23(22)24(33)29-14)32(10-9-31(2)3)20-11-18(25)27-13-28-20/h5-8,11,13-14,26H,4,9-10,12H2,1-3H3,(H,29,33)/t14-/m1/s1. The van der Waals surface area contributed by atoms with Crippen LogP contribution in [0.25, 0.3) is 21.0 Å². The maximum absolute atomic E-state index is 13.9. The number of amides is 1. The van der Waals surface area contributed by atoms with E-state index in [9.17, 15) is 9.18 Å². The zero-order valence-corrected chi connectivity index (χ0v) is 20.1. The van der Waals surface area contributed by atoms with Crippen molar-refractivity contribution in [2.45, 2.75) is 19.4 Å². The number of likely N-dealkylation sites (N-methyl/N-ethyl adjacent to an activating group) is 1. The van der Waals surface area contributed by atoms with E-state index in [1.165, 1.54) is 23.7 Å². The quantitative estimate of drug-likeness (QED) is 0.404. The molecule has 0 radical (unpaired) electrons. The van der Waals surface area contributed by atoms with E-state index >= 15 is 0 Å². The van der Waals surface area contributed by atoms with Gasteiger partial charge in [-0.1, -0.05) is 6.92 Å². The van der Waals surface area contributed by atoms with Crippen LogP contribution in [-0.2, 0) is 0 Å². The summed E-state index contributed by atoms with van der Waals surface area (Å²) in [7, 11) is 3.97. The minimum absolute atomic E-state index is 0.0357. The summed E-state index contributed by atoms with van der Waals surface area (Å²) in [6.07, 6.45) is 2.09. The van der Waals surface area contributed by atoms with Crippen LogP contribution in [0.3, 0.4) is 0 Å². The van der Waals surface area contributed by atoms with Crippen molar-refractivity contribution in [2.75, 3.05) is 43.9 Å². The van der Waals surface area contributed by atoms with Crippen molar-refractivity contribution < 1.29 is 9.18 Å². The van der Waals surface area contributed by atoms with Crippen molar-refractivity contribution in [2.24, 2.45) is 0 Å². The molecule has 0 spiro atoms. The maximum Gasteiger partial charge on any atom is 0.263 e. The lowest BCUT2D eigenvalue weighted by atomic mass is 10.1. The Hall–Kier alpha value is -3.37. The van der Waals surface area contributed by atoms with Gasteiger partial charge in [0, 0.05) is 47.2 Å². The van der Waals surface area contributed by atoms with Gasteiger partial charge >= 0.3 is 0 Å². The average molecular weight is 480 g/mol. The van der Waals surface area contributed by atoms with Gasteiger partial charge in [0.15, 0.2) is 0 Å². The van der Waals surface area contributed by atoms with Crippen LogP contribution in [0.15, 0.2) is 36.7 Å². The molecule has 34 heavy (non-hydrogen) atoms. The predicted molar refractivity (Wildman–Crippen MR) is 135 cm³/mol. The van der Waals surface area contributed by atoms with Gasteiger partial charge in [0.25, 0.3) is 5.91 Å². The normalized spacial score (nSPS) is 15.8. The highest BCUT2D eigenvalue weighted by molar-refractivity contribution is 7.21. The summed E-state index contributed by atoms with van der Waals surface area (Å²) in [5.74, 6) is 0.505. The van der Waals surface area contributed by atoms with Gasteiger partial charge in [0.2, 0.25) is 5.95 Å². The van der Waals surface area contributed by atoms with Crippen LogP contribution in [-0.4, -0.2) is 65.5 Å². The van der Waals surface area contributed by atoms with E-state index in [0.29, 0.717) is 29.6 Å². The number of pyridine rings is 1. The lowest BCUT2D eigenvalue weighted by Crippen LogP contribution is -2.36. The first-order valence-electron chi connectivity index (χ1n) is 11.3. The fraction of sp³-hybridized carbons (Fsp3) is 0.333. The summed E-state index contributed by atoms with van der Waals surface area (Å²) in [5.41, 5.74) is 1.67. The highest BCUT2D eigenvalue weighted by Gasteiger charge is 2.26. The van der Waals surface area contributed by atoms with Gasteiger partial charge in [0.1, 0.15) is 22.8 Å². The molecule has 10 heteroatoms. The Morgan fingerprint density at radius 2 is 2.00 bits per heavy atom. The molecule has 8 nitrogen and oxygen atoms in total. The molecule has 5 rings (SSSR count). The molecule has 4 heterocycles. The number of hydrogen-bond donors (Lipinski definition) is 2. The first-order chi connectivity index (χ1) is 16.4. The molecule has 0 unspecified atom stereocenters. The van der Waals surface area contributed by atoms with Gasteiger partial charge in [-0.25, -0.2) is 15.0 Å². The molecule has 0 saturated carbocycles. The van der Waals surface area contributed by atoms with Crippen molar-refractivity contribution in [3.63, 3.8) is 0 Å². The van der Waals surface area contributed by atoms with Gasteiger partial charge in [-0.3, -0.25) is 4.79 Å². The van der Waals surface area contributed by atoms with Crippen LogP contribution in [0.4, 0.5) is 21.7 Å². The van der Waals surface area contributed by atoms with Crippen molar-refractivity contribution in [3.8, 4) is 0 Å². The van der Waals surface area contributed by atoms with Crippen LogP contribution in [0, 0.1) is 5.95 Å². The number of rotatable bonds is 6. The van der Waals surface area contributed by atoms with E-state index in [0.717, 1.165) is 39.6 Å². The van der Waals surface area contributed by atoms with Crippen molar-refractivity contribution in [3.05, 3.63) is 47.5 Å². The minimum Gasteiger partial charge on any atom is -0.381 e. The smallest absolute Gasteiger partial charge is 0.263 e. The van der Waals surface area contributed by atoms with E-state index in [2.05, 4.69) is 32.4 Å². The van der Waals surface area contributed by atoms with Gasteiger partial charge in [-0.15, -0.1) is 11.3 Å². The Bertz CT molecular complexity index is 1370. The van der Waals surface area contributed by atoms with E-state index < -0.39 is 5.95 Å². The second-order valence-electron chi connectivity index (χ2n) is 8.59. The van der Waals surface area contributed by atoms with Crippen LogP contribution in [0.5, 0.6) is 0 Å². The number of aromatic nitrogens is 3. The molecule has 1 aliphatic rings. The summed E-state index contributed by atoms with van der Waals surface area (Å²) in [4.78, 5) is 30.2. The zero-order valence-electron chi connectivity index (χ0n) is 19.3. The number of anilines is 3. The Morgan fingerprint density at radius 1 is 1.15 bits per heavy atom. The Balaban J connectivity index is 1.61. The summed E-state index contributed by atoms with van der Waals surface area (Å²) < 4.78 is 14.9. The van der Waals surface area contributed by atoms with E-state index in [4.69, 9.17) is 4.98 Å². The molecule has 1 aromatic carbocycles. The fourth-order valence-electron chi connectivity index (χ4n) is 4.16. The number of carbonyl (C=O) groups excluding carboxylic acids is 1. The fourth-order valence-corrected chi connectivity index (χ4v) is 5.26. The lowest BCUT2D eigenvalue weighted by molar-refractivity contribution is 0.0945. The molecule has 0 saturated heterocycles. The molecule has 3 aromatic heterocycles. The SMILES string of the molecule is CC[C@@H]1CNc2c(sc3ccc4nc(N(CCN(C)C)c5cc(F)ncn5)ccc4c23)C(=O)N1. The monoisotopic (exact) mass is 479 g/mol. The third-order valence-corrected chi connectivity index (χ3v) is 7.16. The number of halogens is 1. The van der Waals surface area contributed by atoms with Crippen LogP contribution in [0.2, 0.25) is 0 Å². The number of nitrogens with one attached hydrogen (secondary N) is 2. The van der Waals surface area contributed by atoms with E-state index in [1.807, 2.05) is 43.3 Å². The molecule has 4 aromatic rings. The van der Waals surface area contributed by atoms with Crippen LogP contribution < -0.4 is 15.5 Å². The molecule has 2 N–H and O–H groups in total. The van der Waals surface area contributed by atoms with Gasteiger partial charge in [0.05, 0.1) is 11.2 Å². The summed E-state index contributed by atoms with van der Waals surface area (Å²) in [6.45, 7) is 4.06. The molecule has 1 amide bonds. The first kappa shape index (κ1) is 22.4. The zero-order chi connectivity index (χ0) is 23.8. The maximum atomic E-state index is 13.9. The van der Waals surface area contributed by atoms with Crippen molar-refractivity contribution in [1.82, 2.24) is 25.2 Å². The van der Waals surface area contributed by atoms with Crippen molar-refractivity contribution >= 4 is 55.6 Å². The summed E-state index contributed by atoms with van der Waals surface area (Å²) >= 11 is 1.49. The Labute approximate surface area is 200 Å². The van der Waals surface area contributed by atoms with Crippen LogP contribution >= 0.6 is 11.3 Å². The molecular formula is C24H26FN7OS. The molecule has 0 aliphatic carbocycles. The second-order valence-corrected chi connectivity index (χ2v) is 9.65. The number of hydrogen-bond acceptors (Lipinski definition) is 8. The van der Waals surface area contributed by atoms with Crippen molar-refractivity contribution in [1.29, 1.82) is 0 Å². The first-order valence-corrected chi connectivity index (χ1v) is 12.1. The number of benzene rings is 1. The average Bonchev–Trinajstić information content (AvgIpc) is 3.13. The number of fused-ring (bicyclic) bond motifs is 5. The highest BCUT2D eigenvalue weighted by atomic mass is 32.1. The third kappa shape index (κ3) is 4.14. The van der Waals surface area contributed by atoms with Gasteiger partial charge < -0.3 is 20.4 Å². The molecule has 0 bridgehead atoms.